The molecule has 0 unspecified atom stereocenters. The first-order chi connectivity index (χ1) is 29.2. The third kappa shape index (κ3) is 4.13. The summed E-state index contributed by atoms with van der Waals surface area (Å²) in [7, 11) is 0. The molecule has 0 fully saturated rings. The van der Waals surface area contributed by atoms with Crippen LogP contribution < -0.4 is 5.56 Å². The van der Waals surface area contributed by atoms with Crippen LogP contribution in [0.4, 0.5) is 0 Å². The lowest BCUT2D eigenvalue weighted by Gasteiger charge is -2.15. The van der Waals surface area contributed by atoms with Crippen molar-refractivity contribution in [3.8, 4) is 16.8 Å². The van der Waals surface area contributed by atoms with Crippen molar-refractivity contribution in [2.24, 2.45) is 0 Å². The highest BCUT2D eigenvalue weighted by atomic mass is 32.1. The lowest BCUT2D eigenvalue weighted by molar-refractivity contribution is 1.19. The summed E-state index contributed by atoms with van der Waals surface area (Å²) in [6.45, 7) is 0. The second kappa shape index (κ2) is 11.3. The van der Waals surface area contributed by atoms with Crippen molar-refractivity contribution < 1.29 is 0 Å². The number of thiophene rings is 1. The standard InChI is InChI=1S/C55H30N2OS/c58-55-43-15-4-3-12-36(43)41-16-9-17-42-46-27-32(21-25-50(46)57(55)54(41)42)31-20-23-37-38-24-22-33(28-45(38)35-11-2-1-10-34(35)44(37)26-31)56-49-18-7-5-13-39(49)47-30-53-48(29-51(47)56)40-14-6-8-19-52(40)59-53/h1-30H. The summed E-state index contributed by atoms with van der Waals surface area (Å²) in [5, 5.41) is 17.6. The van der Waals surface area contributed by atoms with Crippen LogP contribution in [-0.4, -0.2) is 8.97 Å². The zero-order valence-corrected chi connectivity index (χ0v) is 32.3. The molecule has 4 heterocycles. The molecule has 0 aliphatic heterocycles. The van der Waals surface area contributed by atoms with Crippen LogP contribution in [0.15, 0.2) is 187 Å². The molecule has 0 atom stereocenters. The van der Waals surface area contributed by atoms with Crippen molar-refractivity contribution in [3.05, 3.63) is 192 Å². The molecule has 0 radical (unpaired) electrons. The molecule has 3 nitrogen and oxygen atoms in total. The quantitative estimate of drug-likeness (QED) is 0.161. The highest BCUT2D eigenvalue weighted by Crippen LogP contribution is 2.43. The second-order valence-electron chi connectivity index (χ2n) is 16.0. The van der Waals surface area contributed by atoms with E-state index in [-0.39, 0.29) is 5.56 Å². The number of aromatic nitrogens is 2. The fraction of sp³-hybridized carbons (Fsp3) is 0. The third-order valence-electron chi connectivity index (χ3n) is 13.0. The molecule has 272 valence electrons. The van der Waals surface area contributed by atoms with Gasteiger partial charge in [-0.25, -0.2) is 0 Å². The number of pyridine rings is 1. The number of hydrogen-bond acceptors (Lipinski definition) is 2. The minimum atomic E-state index is 0.0331. The van der Waals surface area contributed by atoms with Gasteiger partial charge in [0.1, 0.15) is 0 Å². The SMILES string of the molecule is O=c1c2ccccc2c2cccc3c4cc(-c5ccc6c7ccc(-n8c9ccccc9c9cc%10sc%11ccccc%11c%10cc98)cc7c7ccccc7c6c5)ccc4n1c23. The van der Waals surface area contributed by atoms with Gasteiger partial charge < -0.3 is 4.57 Å². The van der Waals surface area contributed by atoms with E-state index in [2.05, 4.69) is 168 Å². The van der Waals surface area contributed by atoms with Gasteiger partial charge in [0.15, 0.2) is 0 Å². The normalized spacial score (nSPS) is 12.5. The van der Waals surface area contributed by atoms with Crippen molar-refractivity contribution in [3.63, 3.8) is 0 Å². The van der Waals surface area contributed by atoms with Gasteiger partial charge in [0, 0.05) is 58.2 Å². The molecule has 0 saturated heterocycles. The van der Waals surface area contributed by atoms with Crippen molar-refractivity contribution in [2.75, 3.05) is 0 Å². The largest absolute Gasteiger partial charge is 0.309 e. The van der Waals surface area contributed by atoms with Gasteiger partial charge in [-0.2, -0.15) is 0 Å². The average molecular weight is 767 g/mol. The first-order valence-corrected chi connectivity index (χ1v) is 20.9. The van der Waals surface area contributed by atoms with E-state index in [1.807, 2.05) is 33.9 Å². The van der Waals surface area contributed by atoms with Gasteiger partial charge in [0.2, 0.25) is 0 Å². The molecule has 4 aromatic heterocycles. The van der Waals surface area contributed by atoms with Crippen LogP contribution >= 0.6 is 11.3 Å². The van der Waals surface area contributed by atoms with E-state index in [9.17, 15) is 4.79 Å². The van der Waals surface area contributed by atoms with Crippen LogP contribution in [0.2, 0.25) is 0 Å². The smallest absolute Gasteiger partial charge is 0.263 e. The molecule has 0 spiro atoms. The van der Waals surface area contributed by atoms with E-state index in [1.54, 1.807) is 0 Å². The van der Waals surface area contributed by atoms with Crippen molar-refractivity contribution in [1.29, 1.82) is 0 Å². The topological polar surface area (TPSA) is 26.4 Å². The number of para-hydroxylation sites is 2. The van der Waals surface area contributed by atoms with Gasteiger partial charge in [0.25, 0.3) is 5.56 Å². The average Bonchev–Trinajstić information content (AvgIpc) is 3.94. The Bertz CT molecular complexity index is 4200. The summed E-state index contributed by atoms with van der Waals surface area (Å²) < 4.78 is 7.03. The molecular formula is C55H30N2OS. The predicted molar refractivity (Wildman–Crippen MR) is 253 cm³/mol. The highest BCUT2D eigenvalue weighted by Gasteiger charge is 2.20. The minimum Gasteiger partial charge on any atom is -0.309 e. The van der Waals surface area contributed by atoms with Gasteiger partial charge in [-0.1, -0.05) is 121 Å². The minimum absolute atomic E-state index is 0.0331. The van der Waals surface area contributed by atoms with Crippen molar-refractivity contribution >= 4 is 124 Å². The van der Waals surface area contributed by atoms with Crippen LogP contribution in [0.3, 0.4) is 0 Å². The fourth-order valence-corrected chi connectivity index (χ4v) is 11.6. The van der Waals surface area contributed by atoms with E-state index in [0.717, 1.165) is 54.8 Å². The molecule has 14 aromatic rings. The van der Waals surface area contributed by atoms with Crippen molar-refractivity contribution in [1.82, 2.24) is 8.97 Å². The van der Waals surface area contributed by atoms with Crippen LogP contribution in [0.25, 0.3) is 129 Å². The predicted octanol–water partition coefficient (Wildman–Crippen LogP) is 14.8. The third-order valence-corrected chi connectivity index (χ3v) is 14.2. The van der Waals surface area contributed by atoms with Gasteiger partial charge in [0.05, 0.1) is 22.1 Å². The summed E-state index contributed by atoms with van der Waals surface area (Å²) in [6.07, 6.45) is 0. The summed E-state index contributed by atoms with van der Waals surface area (Å²) in [5.74, 6) is 0. The van der Waals surface area contributed by atoms with Crippen LogP contribution in [-0.2, 0) is 0 Å². The molecule has 0 amide bonds. The maximum absolute atomic E-state index is 13.9. The molecule has 0 saturated carbocycles. The van der Waals surface area contributed by atoms with Gasteiger partial charge in [-0.05, 0) is 109 Å². The Hall–Kier alpha value is -7.53. The Morgan fingerprint density at radius 2 is 0.881 bits per heavy atom. The number of benzene rings is 10. The van der Waals surface area contributed by atoms with Gasteiger partial charge in [-0.3, -0.25) is 9.20 Å². The Morgan fingerprint density at radius 1 is 0.322 bits per heavy atom. The van der Waals surface area contributed by atoms with Crippen LogP contribution in [0, 0.1) is 0 Å². The number of hydrogen-bond donors (Lipinski definition) is 0. The molecular weight excluding hydrogens is 737 g/mol. The zero-order valence-electron chi connectivity index (χ0n) is 31.5. The molecule has 0 bridgehead atoms. The molecule has 0 N–H and O–H groups in total. The summed E-state index contributed by atoms with van der Waals surface area (Å²) in [5.41, 5.74) is 7.85. The lowest BCUT2D eigenvalue weighted by Crippen LogP contribution is -2.12. The first kappa shape index (κ1) is 31.5. The molecule has 0 aliphatic carbocycles. The van der Waals surface area contributed by atoms with Crippen LogP contribution in [0.5, 0.6) is 0 Å². The summed E-state index contributed by atoms with van der Waals surface area (Å²) >= 11 is 1.87. The fourth-order valence-electron chi connectivity index (χ4n) is 10.4. The Kier molecular flexibility index (Phi) is 6.05. The number of rotatable bonds is 2. The summed E-state index contributed by atoms with van der Waals surface area (Å²) in [6, 6.07) is 66.2. The van der Waals surface area contributed by atoms with E-state index < -0.39 is 0 Å². The Labute approximate surface area is 340 Å². The Balaban J connectivity index is 0.982. The number of fused-ring (bicyclic) bond motifs is 17. The van der Waals surface area contributed by atoms with Gasteiger partial charge >= 0.3 is 0 Å². The zero-order chi connectivity index (χ0) is 38.5. The van der Waals surface area contributed by atoms with E-state index in [4.69, 9.17) is 0 Å². The molecule has 4 heteroatoms. The second-order valence-corrected chi connectivity index (χ2v) is 17.1. The first-order valence-electron chi connectivity index (χ1n) is 20.1. The van der Waals surface area contributed by atoms with Crippen LogP contribution in [0.1, 0.15) is 0 Å². The molecule has 0 aliphatic rings. The van der Waals surface area contributed by atoms with E-state index in [0.29, 0.717) is 0 Å². The van der Waals surface area contributed by atoms with Crippen molar-refractivity contribution in [2.45, 2.75) is 0 Å². The van der Waals surface area contributed by atoms with E-state index in [1.165, 1.54) is 74.3 Å². The molecule has 14 rings (SSSR count). The lowest BCUT2D eigenvalue weighted by atomic mass is 9.91. The van der Waals surface area contributed by atoms with Gasteiger partial charge in [-0.15, -0.1) is 11.3 Å². The van der Waals surface area contributed by atoms with E-state index >= 15 is 0 Å². The monoisotopic (exact) mass is 766 g/mol. The summed E-state index contributed by atoms with van der Waals surface area (Å²) in [4.78, 5) is 13.9. The Morgan fingerprint density at radius 3 is 1.68 bits per heavy atom. The molecule has 10 aromatic carbocycles. The maximum atomic E-state index is 13.9. The number of nitrogens with zero attached hydrogens (tertiary/aromatic N) is 2. The molecule has 59 heavy (non-hydrogen) atoms. The highest BCUT2D eigenvalue weighted by molar-refractivity contribution is 7.25. The maximum Gasteiger partial charge on any atom is 0.263 e.